The fourth-order valence-electron chi connectivity index (χ4n) is 0.327. The van der Waals surface area contributed by atoms with Gasteiger partial charge in [0, 0.05) is 6.20 Å². The maximum Gasteiger partial charge on any atom is 0.0905 e. The molecule has 0 amide bonds. The van der Waals surface area contributed by atoms with Gasteiger partial charge in [-0.3, -0.25) is 0 Å². The van der Waals surface area contributed by atoms with Crippen molar-refractivity contribution in [1.82, 2.24) is 10.6 Å². The molecule has 2 N–H and O–H groups in total. The van der Waals surface area contributed by atoms with E-state index in [0.717, 1.165) is 6.67 Å². The van der Waals surface area contributed by atoms with Crippen molar-refractivity contribution in [2.45, 2.75) is 0 Å². The van der Waals surface area contributed by atoms with Crippen LogP contribution in [0.1, 0.15) is 0 Å². The molecule has 0 aromatic carbocycles. The number of hydrogen-bond acceptors (Lipinski definition) is 2. The Morgan fingerprint density at radius 1 is 1.83 bits per heavy atom. The van der Waals surface area contributed by atoms with Gasteiger partial charge in [0.2, 0.25) is 0 Å². The molecule has 0 aromatic rings. The molecule has 2 nitrogen and oxygen atoms in total. The minimum absolute atomic E-state index is 0.887. The Kier molecular flexibility index (Phi) is 1.19. The molecule has 1 rings (SSSR count). The van der Waals surface area contributed by atoms with Gasteiger partial charge < -0.3 is 10.6 Å². The Morgan fingerprint density at radius 3 is 2.83 bits per heavy atom. The molecule has 34 valence electrons. The summed E-state index contributed by atoms with van der Waals surface area (Å²) in [5, 5.41) is 6.05. The van der Waals surface area contributed by atoms with Crippen LogP contribution in [0, 0.1) is 0 Å². The Bertz CT molecular complexity index is 78.9. The predicted octanol–water partition coefficient (Wildman–Crippen LogP) is 0.371. The highest BCUT2D eigenvalue weighted by molar-refractivity contribution is 14.1. The van der Waals surface area contributed by atoms with Crippen molar-refractivity contribution < 1.29 is 0 Å². The van der Waals surface area contributed by atoms with Crippen molar-refractivity contribution >= 4 is 22.6 Å². The fraction of sp³-hybridized carbons (Fsp3) is 0.333. The summed E-state index contributed by atoms with van der Waals surface area (Å²) in [6.07, 6.45) is 1.94. The standard InChI is InChI=1S/C3H5IN2/c4-3-1-5-2-6-3/h1,5-6H,2H2. The average molecular weight is 196 g/mol. The van der Waals surface area contributed by atoms with Crippen molar-refractivity contribution in [3.8, 4) is 0 Å². The normalized spacial score (nSPS) is 18.5. The highest BCUT2D eigenvalue weighted by Gasteiger charge is 1.92. The molecular weight excluding hydrogens is 191 g/mol. The van der Waals surface area contributed by atoms with Crippen molar-refractivity contribution in [2.75, 3.05) is 6.67 Å². The molecule has 1 aliphatic heterocycles. The monoisotopic (exact) mass is 196 g/mol. The molecule has 1 aliphatic rings. The first-order valence-corrected chi connectivity index (χ1v) is 2.80. The topological polar surface area (TPSA) is 24.1 Å². The van der Waals surface area contributed by atoms with E-state index in [9.17, 15) is 0 Å². The summed E-state index contributed by atoms with van der Waals surface area (Å²) in [5.41, 5.74) is 0. The molecule has 0 spiro atoms. The lowest BCUT2D eigenvalue weighted by Crippen LogP contribution is -2.12. The second-order valence-corrected chi connectivity index (χ2v) is 2.21. The second-order valence-electron chi connectivity index (χ2n) is 1.05. The van der Waals surface area contributed by atoms with Gasteiger partial charge in [0.15, 0.2) is 0 Å². The van der Waals surface area contributed by atoms with Crippen LogP contribution >= 0.6 is 22.6 Å². The second kappa shape index (κ2) is 1.68. The van der Waals surface area contributed by atoms with Crippen LogP contribution in [0.3, 0.4) is 0 Å². The van der Waals surface area contributed by atoms with Crippen LogP contribution in [0.5, 0.6) is 0 Å². The van der Waals surface area contributed by atoms with Gasteiger partial charge in [-0.25, -0.2) is 0 Å². The molecule has 0 saturated carbocycles. The molecule has 0 saturated heterocycles. The molecule has 0 fully saturated rings. The van der Waals surface area contributed by atoms with Gasteiger partial charge in [-0.05, 0) is 22.6 Å². The van der Waals surface area contributed by atoms with E-state index in [0.29, 0.717) is 0 Å². The van der Waals surface area contributed by atoms with E-state index >= 15 is 0 Å². The van der Waals surface area contributed by atoms with Gasteiger partial charge in [-0.15, -0.1) is 0 Å². The molecule has 6 heavy (non-hydrogen) atoms. The number of rotatable bonds is 0. The first-order valence-electron chi connectivity index (χ1n) is 1.72. The molecular formula is C3H5IN2. The molecule has 0 bridgehead atoms. The zero-order chi connectivity index (χ0) is 4.41. The van der Waals surface area contributed by atoms with Crippen LogP contribution in [0.4, 0.5) is 0 Å². The van der Waals surface area contributed by atoms with E-state index in [1.54, 1.807) is 0 Å². The lowest BCUT2D eigenvalue weighted by molar-refractivity contribution is 0.833. The Hall–Kier alpha value is 0.0700. The first kappa shape index (κ1) is 4.23. The molecule has 0 aliphatic carbocycles. The van der Waals surface area contributed by atoms with Gasteiger partial charge in [-0.1, -0.05) is 0 Å². The maximum atomic E-state index is 3.06. The van der Waals surface area contributed by atoms with E-state index in [1.807, 2.05) is 6.20 Å². The van der Waals surface area contributed by atoms with Gasteiger partial charge in [0.05, 0.1) is 10.4 Å². The highest BCUT2D eigenvalue weighted by Crippen LogP contribution is 1.99. The van der Waals surface area contributed by atoms with Crippen LogP contribution in [0.2, 0.25) is 0 Å². The molecule has 0 unspecified atom stereocenters. The SMILES string of the molecule is IC1=CNCN1. The highest BCUT2D eigenvalue weighted by atomic mass is 127. The minimum atomic E-state index is 0.887. The summed E-state index contributed by atoms with van der Waals surface area (Å²) in [6.45, 7) is 0.887. The van der Waals surface area contributed by atoms with E-state index in [4.69, 9.17) is 0 Å². The summed E-state index contributed by atoms with van der Waals surface area (Å²) < 4.78 is 1.19. The summed E-state index contributed by atoms with van der Waals surface area (Å²) >= 11 is 2.22. The molecule has 0 radical (unpaired) electrons. The van der Waals surface area contributed by atoms with Gasteiger partial charge in [0.1, 0.15) is 0 Å². The fourth-order valence-corrected chi connectivity index (χ4v) is 0.738. The van der Waals surface area contributed by atoms with Gasteiger partial charge in [0.25, 0.3) is 0 Å². The third-order valence-corrected chi connectivity index (χ3v) is 1.28. The largest absolute Gasteiger partial charge is 0.372 e. The van der Waals surface area contributed by atoms with Crippen LogP contribution in [0.15, 0.2) is 9.90 Å². The molecule has 1 heterocycles. The van der Waals surface area contributed by atoms with E-state index < -0.39 is 0 Å². The Labute approximate surface area is 50.1 Å². The quantitative estimate of drug-likeness (QED) is 0.432. The van der Waals surface area contributed by atoms with Crippen molar-refractivity contribution in [1.29, 1.82) is 0 Å². The summed E-state index contributed by atoms with van der Waals surface area (Å²) in [4.78, 5) is 0. The predicted molar refractivity (Wildman–Crippen MR) is 33.2 cm³/mol. The van der Waals surface area contributed by atoms with E-state index in [-0.39, 0.29) is 0 Å². The smallest absolute Gasteiger partial charge is 0.0905 e. The van der Waals surface area contributed by atoms with Crippen LogP contribution in [-0.2, 0) is 0 Å². The average Bonchev–Trinajstić information content (AvgIpc) is 1.86. The Balaban J connectivity index is 2.45. The summed E-state index contributed by atoms with van der Waals surface area (Å²) in [6, 6.07) is 0. The first-order chi connectivity index (χ1) is 2.89. The lowest BCUT2D eigenvalue weighted by Gasteiger charge is -1.86. The maximum absolute atomic E-state index is 3.06. The van der Waals surface area contributed by atoms with E-state index in [1.165, 1.54) is 3.70 Å². The molecule has 3 heteroatoms. The third kappa shape index (κ3) is 0.767. The van der Waals surface area contributed by atoms with Crippen LogP contribution in [0.25, 0.3) is 0 Å². The van der Waals surface area contributed by atoms with Crippen LogP contribution in [-0.4, -0.2) is 6.67 Å². The number of nitrogens with one attached hydrogen (secondary N) is 2. The zero-order valence-electron chi connectivity index (χ0n) is 3.16. The summed E-state index contributed by atoms with van der Waals surface area (Å²) in [5.74, 6) is 0. The molecule has 0 atom stereocenters. The third-order valence-electron chi connectivity index (χ3n) is 0.588. The van der Waals surface area contributed by atoms with Crippen molar-refractivity contribution in [3.63, 3.8) is 0 Å². The van der Waals surface area contributed by atoms with E-state index in [2.05, 4.69) is 33.2 Å². The number of hydrogen-bond donors (Lipinski definition) is 2. The minimum Gasteiger partial charge on any atom is -0.372 e. The molecule has 0 aromatic heterocycles. The van der Waals surface area contributed by atoms with Crippen molar-refractivity contribution in [3.05, 3.63) is 9.90 Å². The zero-order valence-corrected chi connectivity index (χ0v) is 5.32. The van der Waals surface area contributed by atoms with Crippen LogP contribution < -0.4 is 10.6 Å². The number of halogens is 1. The summed E-state index contributed by atoms with van der Waals surface area (Å²) in [7, 11) is 0. The lowest BCUT2D eigenvalue weighted by atomic mass is 11.0. The Morgan fingerprint density at radius 2 is 2.67 bits per heavy atom. The van der Waals surface area contributed by atoms with Gasteiger partial charge >= 0.3 is 0 Å². The van der Waals surface area contributed by atoms with Gasteiger partial charge in [-0.2, -0.15) is 0 Å². The van der Waals surface area contributed by atoms with Crippen molar-refractivity contribution in [2.24, 2.45) is 0 Å².